The van der Waals surface area contributed by atoms with Crippen LogP contribution >= 0.6 is 0 Å². The van der Waals surface area contributed by atoms with E-state index in [1.165, 1.54) is 11.1 Å². The molecule has 3 rings (SSSR count). The molecular formula is C27H35N3O3. The van der Waals surface area contributed by atoms with Gasteiger partial charge in [-0.1, -0.05) is 68.4 Å². The van der Waals surface area contributed by atoms with E-state index in [2.05, 4.69) is 34.9 Å². The Kier molecular flexibility index (Phi) is 8.39. The molecule has 0 radical (unpaired) electrons. The van der Waals surface area contributed by atoms with E-state index in [1.54, 1.807) is 0 Å². The third kappa shape index (κ3) is 7.26. The summed E-state index contributed by atoms with van der Waals surface area (Å²) in [5.74, 6) is -1.21. The molecule has 1 aliphatic rings. The summed E-state index contributed by atoms with van der Waals surface area (Å²) in [5.41, 5.74) is 8.32. The average Bonchev–Trinajstić information content (AvgIpc) is 3.58. The fraction of sp³-hybridized carbons (Fsp3) is 0.444. The predicted molar refractivity (Wildman–Crippen MR) is 129 cm³/mol. The first-order chi connectivity index (χ1) is 15.8. The second-order valence-electron chi connectivity index (χ2n) is 9.40. The van der Waals surface area contributed by atoms with Crippen LogP contribution in [0.5, 0.6) is 0 Å². The molecule has 0 heterocycles. The van der Waals surface area contributed by atoms with Gasteiger partial charge in [0, 0.05) is 0 Å². The van der Waals surface area contributed by atoms with E-state index in [1.807, 2.05) is 44.2 Å². The van der Waals surface area contributed by atoms with Gasteiger partial charge in [0.05, 0.1) is 12.5 Å². The lowest BCUT2D eigenvalue weighted by molar-refractivity contribution is -0.135. The summed E-state index contributed by atoms with van der Waals surface area (Å²) in [4.78, 5) is 37.2. The highest BCUT2D eigenvalue weighted by Crippen LogP contribution is 2.35. The van der Waals surface area contributed by atoms with Gasteiger partial charge in [-0.05, 0) is 61.1 Å². The molecule has 3 amide bonds. The maximum Gasteiger partial charge on any atom is 0.252 e. The van der Waals surface area contributed by atoms with Crippen molar-refractivity contribution in [2.24, 2.45) is 11.7 Å². The van der Waals surface area contributed by atoms with E-state index in [0.29, 0.717) is 12.8 Å². The highest BCUT2D eigenvalue weighted by Gasteiger charge is 2.52. The molecule has 2 aromatic rings. The van der Waals surface area contributed by atoms with Crippen molar-refractivity contribution in [3.8, 4) is 0 Å². The first kappa shape index (κ1) is 24.6. The molecule has 6 heteroatoms. The monoisotopic (exact) mass is 449 g/mol. The molecule has 0 aliphatic heterocycles. The minimum Gasteiger partial charge on any atom is -0.340 e. The van der Waals surface area contributed by atoms with E-state index >= 15 is 0 Å². The summed E-state index contributed by atoms with van der Waals surface area (Å²) >= 11 is 0. The van der Waals surface area contributed by atoms with Gasteiger partial charge in [0.25, 0.3) is 5.91 Å². The van der Waals surface area contributed by atoms with Gasteiger partial charge in [-0.2, -0.15) is 0 Å². The molecule has 1 atom stereocenters. The van der Waals surface area contributed by atoms with Gasteiger partial charge < -0.3 is 11.1 Å². The van der Waals surface area contributed by atoms with Crippen LogP contribution in [0, 0.1) is 5.92 Å². The molecule has 4 N–H and O–H groups in total. The summed E-state index contributed by atoms with van der Waals surface area (Å²) in [6.07, 6.45) is 5.48. The molecule has 176 valence electrons. The van der Waals surface area contributed by atoms with Crippen molar-refractivity contribution < 1.29 is 14.4 Å². The number of hydrogen-bond donors (Lipinski definition) is 3. The van der Waals surface area contributed by atoms with Gasteiger partial charge >= 0.3 is 0 Å². The van der Waals surface area contributed by atoms with Gasteiger partial charge in [0.1, 0.15) is 5.54 Å². The number of rotatable bonds is 11. The van der Waals surface area contributed by atoms with Crippen molar-refractivity contribution in [2.45, 2.75) is 70.4 Å². The lowest BCUT2D eigenvalue weighted by Gasteiger charge is -2.21. The van der Waals surface area contributed by atoms with Crippen molar-refractivity contribution in [1.82, 2.24) is 10.6 Å². The molecule has 6 nitrogen and oxygen atoms in total. The Morgan fingerprint density at radius 1 is 0.879 bits per heavy atom. The van der Waals surface area contributed by atoms with Gasteiger partial charge in [0.15, 0.2) is 0 Å². The molecule has 33 heavy (non-hydrogen) atoms. The van der Waals surface area contributed by atoms with Gasteiger partial charge in [-0.3, -0.25) is 19.7 Å². The van der Waals surface area contributed by atoms with E-state index < -0.39 is 17.5 Å². The predicted octanol–water partition coefficient (Wildman–Crippen LogP) is 3.07. The minimum absolute atomic E-state index is 0.0303. The number of aryl methyl sites for hydroxylation is 2. The molecule has 0 unspecified atom stereocenters. The normalized spacial score (nSPS) is 15.0. The average molecular weight is 450 g/mol. The molecule has 2 aromatic carbocycles. The van der Waals surface area contributed by atoms with E-state index in [-0.39, 0.29) is 24.2 Å². The minimum atomic E-state index is -0.997. The number of imide groups is 1. The third-order valence-electron chi connectivity index (χ3n) is 6.23. The summed E-state index contributed by atoms with van der Waals surface area (Å²) in [6, 6.07) is 17.8. The van der Waals surface area contributed by atoms with E-state index in [0.717, 1.165) is 31.2 Å². The Balaban J connectivity index is 1.41. The number of unbranched alkanes of at least 4 members (excludes halogenated alkanes) is 1. The van der Waals surface area contributed by atoms with Crippen LogP contribution in [0.2, 0.25) is 0 Å². The number of hydrogen-bond acceptors (Lipinski definition) is 4. The number of amides is 3. The van der Waals surface area contributed by atoms with Crippen LogP contribution in [0.15, 0.2) is 54.6 Å². The quantitative estimate of drug-likeness (QED) is 0.459. The number of carbonyl (C=O) groups is 3. The van der Waals surface area contributed by atoms with Crippen molar-refractivity contribution in [2.75, 3.05) is 0 Å². The molecule has 0 saturated heterocycles. The lowest BCUT2D eigenvalue weighted by Crippen LogP contribution is -2.55. The van der Waals surface area contributed by atoms with Gasteiger partial charge in [0.2, 0.25) is 11.8 Å². The molecule has 0 bridgehead atoms. The maximum atomic E-state index is 12.6. The lowest BCUT2D eigenvalue weighted by atomic mass is 10.0. The van der Waals surface area contributed by atoms with Gasteiger partial charge in [-0.15, -0.1) is 0 Å². The standard InChI is InChI=1S/C27H35N3O3/c1-19(2)24(28)25(32)30-27(16-17-27)26(33)29-23(31)18-22-14-12-21(13-15-22)11-7-6-10-20-8-4-3-5-9-20/h3-5,8-9,12-15,19,24H,6-7,10-11,16-18,28H2,1-2H3,(H,30,32)(H,29,31,33)/t24-/m0/s1. The summed E-state index contributed by atoms with van der Waals surface area (Å²) in [7, 11) is 0. The van der Waals surface area contributed by atoms with Gasteiger partial charge in [-0.25, -0.2) is 0 Å². The second kappa shape index (κ2) is 11.2. The Morgan fingerprint density at radius 2 is 1.42 bits per heavy atom. The maximum absolute atomic E-state index is 12.6. The molecule has 1 saturated carbocycles. The van der Waals surface area contributed by atoms with Crippen LogP contribution < -0.4 is 16.4 Å². The van der Waals surface area contributed by atoms with Crippen LogP contribution in [0.4, 0.5) is 0 Å². The van der Waals surface area contributed by atoms with Crippen molar-refractivity contribution in [3.05, 3.63) is 71.3 Å². The summed E-state index contributed by atoms with van der Waals surface area (Å²) < 4.78 is 0. The summed E-state index contributed by atoms with van der Waals surface area (Å²) in [5, 5.41) is 5.17. The Bertz CT molecular complexity index is 950. The van der Waals surface area contributed by atoms with Crippen LogP contribution in [-0.2, 0) is 33.6 Å². The smallest absolute Gasteiger partial charge is 0.252 e. The molecule has 1 aliphatic carbocycles. The highest BCUT2D eigenvalue weighted by atomic mass is 16.2. The zero-order chi connectivity index (χ0) is 23.8. The Labute approximate surface area is 196 Å². The third-order valence-corrected chi connectivity index (χ3v) is 6.23. The first-order valence-corrected chi connectivity index (χ1v) is 11.8. The van der Waals surface area contributed by atoms with Crippen molar-refractivity contribution in [1.29, 1.82) is 0 Å². The van der Waals surface area contributed by atoms with Crippen LogP contribution in [-0.4, -0.2) is 29.3 Å². The topological polar surface area (TPSA) is 101 Å². The summed E-state index contributed by atoms with van der Waals surface area (Å²) in [6.45, 7) is 3.70. The fourth-order valence-electron chi connectivity index (χ4n) is 3.76. The number of benzene rings is 2. The van der Waals surface area contributed by atoms with Crippen LogP contribution in [0.25, 0.3) is 0 Å². The van der Waals surface area contributed by atoms with Crippen LogP contribution in [0.1, 0.15) is 56.2 Å². The Hall–Kier alpha value is -2.99. The molecule has 0 aromatic heterocycles. The van der Waals surface area contributed by atoms with E-state index in [9.17, 15) is 14.4 Å². The second-order valence-corrected chi connectivity index (χ2v) is 9.40. The molecular weight excluding hydrogens is 414 g/mol. The zero-order valence-corrected chi connectivity index (χ0v) is 19.6. The number of nitrogens with one attached hydrogen (secondary N) is 2. The van der Waals surface area contributed by atoms with Crippen molar-refractivity contribution >= 4 is 17.7 Å². The molecule has 1 fully saturated rings. The number of carbonyl (C=O) groups excluding carboxylic acids is 3. The first-order valence-electron chi connectivity index (χ1n) is 11.8. The highest BCUT2D eigenvalue weighted by molar-refractivity contribution is 6.04. The van der Waals surface area contributed by atoms with Crippen LogP contribution in [0.3, 0.4) is 0 Å². The van der Waals surface area contributed by atoms with Crippen molar-refractivity contribution in [3.63, 3.8) is 0 Å². The number of nitrogens with two attached hydrogens (primary N) is 1. The Morgan fingerprint density at radius 3 is 1.97 bits per heavy atom. The SMILES string of the molecule is CC(C)[C@H](N)C(=O)NC1(C(=O)NC(=O)Cc2ccc(CCCCc3ccccc3)cc2)CC1. The zero-order valence-electron chi connectivity index (χ0n) is 19.6. The largest absolute Gasteiger partial charge is 0.340 e. The molecule has 0 spiro atoms. The fourth-order valence-corrected chi connectivity index (χ4v) is 3.76. The van der Waals surface area contributed by atoms with E-state index in [4.69, 9.17) is 5.73 Å².